The van der Waals surface area contributed by atoms with E-state index in [-0.39, 0.29) is 17.3 Å². The van der Waals surface area contributed by atoms with Gasteiger partial charge in [-0.05, 0) is 18.2 Å². The van der Waals surface area contributed by atoms with E-state index < -0.39 is 6.30 Å². The van der Waals surface area contributed by atoms with Crippen LogP contribution in [0.3, 0.4) is 0 Å². The molecule has 0 aliphatic heterocycles. The van der Waals surface area contributed by atoms with Gasteiger partial charge in [-0.2, -0.15) is 5.10 Å². The van der Waals surface area contributed by atoms with Gasteiger partial charge in [0.2, 0.25) is 6.30 Å². The standard InChI is InChI=1S/C13H11Cl2FN4O/c1-2-5-21-19-12(13(16)20-8-17-7-18-20)10-4-3-9(14)6-11(10)15/h2-4,6-8,13H,1,5H2. The molecule has 0 saturated carbocycles. The van der Waals surface area contributed by atoms with Gasteiger partial charge in [-0.25, -0.2) is 14.1 Å². The Morgan fingerprint density at radius 2 is 2.33 bits per heavy atom. The van der Waals surface area contributed by atoms with Gasteiger partial charge in [0.25, 0.3) is 0 Å². The second-order valence-corrected chi connectivity index (χ2v) is 4.74. The van der Waals surface area contributed by atoms with Crippen molar-refractivity contribution in [2.45, 2.75) is 6.30 Å². The second kappa shape index (κ2) is 7.19. The molecule has 2 rings (SSSR count). The number of hydrogen-bond acceptors (Lipinski definition) is 4. The van der Waals surface area contributed by atoms with E-state index in [1.165, 1.54) is 24.8 Å². The van der Waals surface area contributed by atoms with E-state index in [1.807, 2.05) is 0 Å². The predicted molar refractivity (Wildman–Crippen MR) is 79.3 cm³/mol. The van der Waals surface area contributed by atoms with E-state index in [2.05, 4.69) is 21.8 Å². The molecule has 110 valence electrons. The Hall–Kier alpha value is -1.92. The van der Waals surface area contributed by atoms with Gasteiger partial charge in [0.15, 0.2) is 0 Å². The molecule has 8 heteroatoms. The Bertz CT molecular complexity index is 646. The van der Waals surface area contributed by atoms with E-state index in [0.717, 1.165) is 4.68 Å². The van der Waals surface area contributed by atoms with Gasteiger partial charge in [-0.1, -0.05) is 41.0 Å². The molecular formula is C13H11Cl2FN4O. The molecule has 1 atom stereocenters. The smallest absolute Gasteiger partial charge is 0.239 e. The highest BCUT2D eigenvalue weighted by atomic mass is 35.5. The number of nitrogens with zero attached hydrogens (tertiary/aromatic N) is 4. The Labute approximate surface area is 130 Å². The maximum atomic E-state index is 14.6. The van der Waals surface area contributed by atoms with E-state index in [0.29, 0.717) is 10.6 Å². The molecule has 1 heterocycles. The average Bonchev–Trinajstić information content (AvgIpc) is 2.98. The molecule has 1 aromatic heterocycles. The van der Waals surface area contributed by atoms with Gasteiger partial charge < -0.3 is 4.84 Å². The molecular weight excluding hydrogens is 318 g/mol. The van der Waals surface area contributed by atoms with Crippen LogP contribution in [-0.2, 0) is 4.84 Å². The van der Waals surface area contributed by atoms with Gasteiger partial charge in [-0.15, -0.1) is 0 Å². The summed E-state index contributed by atoms with van der Waals surface area (Å²) in [6, 6.07) is 4.64. The number of alkyl halides is 1. The minimum absolute atomic E-state index is 0.0379. The van der Waals surface area contributed by atoms with Crippen LogP contribution in [0, 0.1) is 0 Å². The van der Waals surface area contributed by atoms with Crippen LogP contribution in [-0.4, -0.2) is 27.1 Å². The third-order valence-electron chi connectivity index (χ3n) is 2.46. The topological polar surface area (TPSA) is 52.3 Å². The van der Waals surface area contributed by atoms with Crippen molar-refractivity contribution in [3.8, 4) is 0 Å². The summed E-state index contributed by atoms with van der Waals surface area (Å²) < 4.78 is 15.6. The summed E-state index contributed by atoms with van der Waals surface area (Å²) in [6.07, 6.45) is 2.25. The normalized spacial score (nSPS) is 13.0. The van der Waals surface area contributed by atoms with Crippen molar-refractivity contribution in [3.63, 3.8) is 0 Å². The first-order valence-electron chi connectivity index (χ1n) is 5.88. The zero-order chi connectivity index (χ0) is 15.2. The Kier molecular flexibility index (Phi) is 5.30. The van der Waals surface area contributed by atoms with Gasteiger partial charge in [0.1, 0.15) is 25.0 Å². The Morgan fingerprint density at radius 3 is 2.95 bits per heavy atom. The van der Waals surface area contributed by atoms with Crippen LogP contribution < -0.4 is 0 Å². The van der Waals surface area contributed by atoms with Crippen LogP contribution in [0.2, 0.25) is 10.0 Å². The highest BCUT2D eigenvalue weighted by Gasteiger charge is 2.23. The van der Waals surface area contributed by atoms with Crippen molar-refractivity contribution in [1.82, 2.24) is 14.8 Å². The number of oxime groups is 1. The van der Waals surface area contributed by atoms with Gasteiger partial charge in [-0.3, -0.25) is 0 Å². The fraction of sp³-hybridized carbons (Fsp3) is 0.154. The molecule has 1 aromatic carbocycles. The van der Waals surface area contributed by atoms with Crippen LogP contribution in [0.5, 0.6) is 0 Å². The first-order chi connectivity index (χ1) is 10.1. The third kappa shape index (κ3) is 3.80. The van der Waals surface area contributed by atoms with E-state index in [1.54, 1.807) is 12.1 Å². The quantitative estimate of drug-likeness (QED) is 0.352. The fourth-order valence-electron chi connectivity index (χ4n) is 1.54. The molecule has 0 spiro atoms. The average molecular weight is 329 g/mol. The maximum Gasteiger partial charge on any atom is 0.239 e. The summed E-state index contributed by atoms with van der Waals surface area (Å²) in [7, 11) is 0. The zero-order valence-corrected chi connectivity index (χ0v) is 12.3. The molecule has 1 unspecified atom stereocenters. The number of rotatable bonds is 6. The molecule has 0 radical (unpaired) electrons. The van der Waals surface area contributed by atoms with Crippen molar-refractivity contribution in [1.29, 1.82) is 0 Å². The molecule has 0 fully saturated rings. The van der Waals surface area contributed by atoms with Gasteiger partial charge in [0.05, 0.1) is 5.02 Å². The van der Waals surface area contributed by atoms with Crippen molar-refractivity contribution in [2.75, 3.05) is 6.61 Å². The number of aromatic nitrogens is 3. The molecule has 0 amide bonds. The van der Waals surface area contributed by atoms with E-state index in [9.17, 15) is 4.39 Å². The van der Waals surface area contributed by atoms with Gasteiger partial charge >= 0.3 is 0 Å². The predicted octanol–water partition coefficient (Wildman–Crippen LogP) is 3.66. The van der Waals surface area contributed by atoms with Crippen LogP contribution in [0.1, 0.15) is 11.9 Å². The van der Waals surface area contributed by atoms with Crippen LogP contribution in [0.15, 0.2) is 48.7 Å². The lowest BCUT2D eigenvalue weighted by molar-refractivity contribution is 0.168. The minimum Gasteiger partial charge on any atom is -0.391 e. The first-order valence-corrected chi connectivity index (χ1v) is 6.63. The third-order valence-corrected chi connectivity index (χ3v) is 3.00. The second-order valence-electron chi connectivity index (χ2n) is 3.90. The monoisotopic (exact) mass is 328 g/mol. The molecule has 0 aliphatic carbocycles. The van der Waals surface area contributed by atoms with Crippen molar-refractivity contribution in [2.24, 2.45) is 5.16 Å². The van der Waals surface area contributed by atoms with Crippen LogP contribution in [0.4, 0.5) is 4.39 Å². The van der Waals surface area contributed by atoms with Crippen molar-refractivity contribution < 1.29 is 9.23 Å². The van der Waals surface area contributed by atoms with Crippen molar-refractivity contribution in [3.05, 3.63) is 59.1 Å². The highest BCUT2D eigenvalue weighted by molar-refractivity contribution is 6.37. The lowest BCUT2D eigenvalue weighted by atomic mass is 10.1. The summed E-state index contributed by atoms with van der Waals surface area (Å²) in [4.78, 5) is 8.68. The summed E-state index contributed by atoms with van der Waals surface area (Å²) in [5.41, 5.74) is 0.317. The first kappa shape index (κ1) is 15.5. The molecule has 2 aromatic rings. The molecule has 0 saturated heterocycles. The molecule has 5 nitrogen and oxygen atoms in total. The molecule has 0 bridgehead atoms. The summed E-state index contributed by atoms with van der Waals surface area (Å²) in [5.74, 6) is 0. The molecule has 0 N–H and O–H groups in total. The van der Waals surface area contributed by atoms with Crippen molar-refractivity contribution >= 4 is 28.9 Å². The van der Waals surface area contributed by atoms with E-state index >= 15 is 0 Å². The Morgan fingerprint density at radius 1 is 1.52 bits per heavy atom. The summed E-state index contributed by atoms with van der Waals surface area (Å²) in [5, 5.41) is 8.22. The van der Waals surface area contributed by atoms with Crippen LogP contribution in [0.25, 0.3) is 0 Å². The highest BCUT2D eigenvalue weighted by Crippen LogP contribution is 2.26. The number of hydrogen-bond donors (Lipinski definition) is 0. The SMILES string of the molecule is C=CCON=C(c1ccc(Cl)cc1Cl)C(F)n1cncn1. The van der Waals surface area contributed by atoms with E-state index in [4.69, 9.17) is 28.0 Å². The zero-order valence-electron chi connectivity index (χ0n) is 10.8. The summed E-state index contributed by atoms with van der Waals surface area (Å²) >= 11 is 11.9. The van der Waals surface area contributed by atoms with Gasteiger partial charge in [0, 0.05) is 10.6 Å². The molecule has 21 heavy (non-hydrogen) atoms. The lowest BCUT2D eigenvalue weighted by Gasteiger charge is -2.13. The number of benzene rings is 1. The lowest BCUT2D eigenvalue weighted by Crippen LogP contribution is -2.18. The molecule has 0 aliphatic rings. The Balaban J connectivity index is 2.40. The largest absolute Gasteiger partial charge is 0.391 e. The maximum absolute atomic E-state index is 14.6. The minimum atomic E-state index is -1.70. The number of halogens is 3. The fourth-order valence-corrected chi connectivity index (χ4v) is 2.04. The summed E-state index contributed by atoms with van der Waals surface area (Å²) in [6.45, 7) is 3.63. The van der Waals surface area contributed by atoms with Crippen LogP contribution >= 0.6 is 23.2 Å².